The molecule has 0 aliphatic heterocycles. The molecule has 0 radical (unpaired) electrons. The normalized spacial score (nSPS) is 21.5. The van der Waals surface area contributed by atoms with E-state index >= 15 is 0 Å². The molecular formula is C16H21N3O. The van der Waals surface area contributed by atoms with Gasteiger partial charge in [0.2, 0.25) is 0 Å². The summed E-state index contributed by atoms with van der Waals surface area (Å²) < 4.78 is 1.76. The Morgan fingerprint density at radius 2 is 2.10 bits per heavy atom. The SMILES string of the molecule is CC1CCC(Nc2cnn(CCO)c2)c2ccccc21. The van der Waals surface area contributed by atoms with Crippen LogP contribution in [0.25, 0.3) is 0 Å². The van der Waals surface area contributed by atoms with E-state index < -0.39 is 0 Å². The summed E-state index contributed by atoms with van der Waals surface area (Å²) in [6.45, 7) is 2.96. The van der Waals surface area contributed by atoms with Crippen molar-refractivity contribution in [1.29, 1.82) is 0 Å². The van der Waals surface area contributed by atoms with Crippen molar-refractivity contribution >= 4 is 5.69 Å². The molecule has 0 saturated heterocycles. The van der Waals surface area contributed by atoms with E-state index in [4.69, 9.17) is 5.11 Å². The number of aliphatic hydroxyl groups is 1. The molecule has 2 atom stereocenters. The van der Waals surface area contributed by atoms with Crippen LogP contribution < -0.4 is 5.32 Å². The van der Waals surface area contributed by atoms with E-state index in [2.05, 4.69) is 41.6 Å². The Kier molecular flexibility index (Phi) is 3.74. The average molecular weight is 271 g/mol. The third-order valence-corrected chi connectivity index (χ3v) is 4.09. The Balaban J connectivity index is 1.79. The van der Waals surface area contributed by atoms with Gasteiger partial charge in [-0.2, -0.15) is 5.10 Å². The van der Waals surface area contributed by atoms with Crippen molar-refractivity contribution < 1.29 is 5.11 Å². The zero-order chi connectivity index (χ0) is 13.9. The van der Waals surface area contributed by atoms with E-state index in [9.17, 15) is 0 Å². The number of hydrogen-bond donors (Lipinski definition) is 2. The highest BCUT2D eigenvalue weighted by Crippen LogP contribution is 2.38. The highest BCUT2D eigenvalue weighted by atomic mass is 16.3. The molecule has 0 saturated carbocycles. The molecule has 1 aromatic carbocycles. The maximum atomic E-state index is 8.93. The van der Waals surface area contributed by atoms with Crippen LogP contribution in [0.2, 0.25) is 0 Å². The van der Waals surface area contributed by atoms with E-state index in [1.54, 1.807) is 4.68 Å². The Labute approximate surface area is 119 Å². The second-order valence-electron chi connectivity index (χ2n) is 5.52. The summed E-state index contributed by atoms with van der Waals surface area (Å²) >= 11 is 0. The van der Waals surface area contributed by atoms with Crippen LogP contribution in [-0.4, -0.2) is 21.5 Å². The first kappa shape index (κ1) is 13.2. The van der Waals surface area contributed by atoms with Crippen molar-refractivity contribution in [2.45, 2.75) is 38.3 Å². The molecule has 0 bridgehead atoms. The highest BCUT2D eigenvalue weighted by Gasteiger charge is 2.24. The zero-order valence-corrected chi connectivity index (χ0v) is 11.8. The standard InChI is InChI=1S/C16H21N3O/c1-12-6-7-16(15-5-3-2-4-14(12)15)18-13-10-17-19(11-13)8-9-20/h2-5,10-12,16,18,20H,6-9H2,1H3. The Bertz CT molecular complexity index is 579. The second kappa shape index (κ2) is 5.67. The summed E-state index contributed by atoms with van der Waals surface area (Å²) in [5.41, 5.74) is 3.88. The zero-order valence-electron chi connectivity index (χ0n) is 11.8. The first-order valence-corrected chi connectivity index (χ1v) is 7.26. The lowest BCUT2D eigenvalue weighted by Crippen LogP contribution is -2.19. The molecule has 1 aliphatic carbocycles. The van der Waals surface area contributed by atoms with Crippen molar-refractivity contribution in [3.63, 3.8) is 0 Å². The molecule has 20 heavy (non-hydrogen) atoms. The fraction of sp³-hybridized carbons (Fsp3) is 0.438. The summed E-state index contributed by atoms with van der Waals surface area (Å²) in [6, 6.07) is 9.05. The van der Waals surface area contributed by atoms with Gasteiger partial charge in [-0.15, -0.1) is 0 Å². The second-order valence-corrected chi connectivity index (χ2v) is 5.52. The number of anilines is 1. The first-order chi connectivity index (χ1) is 9.78. The largest absolute Gasteiger partial charge is 0.394 e. The van der Waals surface area contributed by atoms with E-state index in [0.29, 0.717) is 18.5 Å². The van der Waals surface area contributed by atoms with Gasteiger partial charge in [0, 0.05) is 6.20 Å². The van der Waals surface area contributed by atoms with E-state index in [0.717, 1.165) is 12.1 Å². The molecule has 0 spiro atoms. The van der Waals surface area contributed by atoms with Gasteiger partial charge < -0.3 is 10.4 Å². The predicted molar refractivity (Wildman–Crippen MR) is 79.8 cm³/mol. The molecule has 4 nitrogen and oxygen atoms in total. The third kappa shape index (κ3) is 2.56. The maximum Gasteiger partial charge on any atom is 0.0731 e. The number of aromatic nitrogens is 2. The van der Waals surface area contributed by atoms with Gasteiger partial charge in [-0.05, 0) is 29.9 Å². The number of aliphatic hydroxyl groups excluding tert-OH is 1. The van der Waals surface area contributed by atoms with Gasteiger partial charge in [0.15, 0.2) is 0 Å². The molecule has 106 valence electrons. The lowest BCUT2D eigenvalue weighted by Gasteiger charge is -2.30. The molecule has 1 heterocycles. The fourth-order valence-corrected chi connectivity index (χ4v) is 3.02. The number of fused-ring (bicyclic) bond motifs is 1. The highest BCUT2D eigenvalue weighted by molar-refractivity contribution is 5.45. The van der Waals surface area contributed by atoms with E-state index in [1.807, 2.05) is 12.4 Å². The number of hydrogen-bond acceptors (Lipinski definition) is 3. The van der Waals surface area contributed by atoms with Crippen LogP contribution in [0, 0.1) is 0 Å². The van der Waals surface area contributed by atoms with E-state index in [1.165, 1.54) is 17.5 Å². The summed E-state index contributed by atoms with van der Waals surface area (Å²) in [5, 5.41) is 16.7. The minimum atomic E-state index is 0.116. The third-order valence-electron chi connectivity index (χ3n) is 4.09. The summed E-state index contributed by atoms with van der Waals surface area (Å²) in [5.74, 6) is 0.640. The van der Waals surface area contributed by atoms with Crippen LogP contribution in [-0.2, 0) is 6.54 Å². The molecule has 2 N–H and O–H groups in total. The first-order valence-electron chi connectivity index (χ1n) is 7.26. The number of nitrogens with one attached hydrogen (secondary N) is 1. The van der Waals surface area contributed by atoms with Gasteiger partial charge in [-0.3, -0.25) is 4.68 Å². The van der Waals surface area contributed by atoms with Crippen molar-refractivity contribution in [3.05, 3.63) is 47.8 Å². The molecule has 2 aromatic rings. The summed E-state index contributed by atoms with van der Waals surface area (Å²) in [7, 11) is 0. The molecule has 3 rings (SSSR count). The average Bonchev–Trinajstić information content (AvgIpc) is 2.90. The number of rotatable bonds is 4. The van der Waals surface area contributed by atoms with Crippen LogP contribution >= 0.6 is 0 Å². The van der Waals surface area contributed by atoms with Gasteiger partial charge in [-0.1, -0.05) is 31.2 Å². The molecule has 2 unspecified atom stereocenters. The quantitative estimate of drug-likeness (QED) is 0.899. The Morgan fingerprint density at radius 1 is 1.30 bits per heavy atom. The summed E-state index contributed by atoms with van der Waals surface area (Å²) in [6.07, 6.45) is 6.13. The Hall–Kier alpha value is -1.81. The summed E-state index contributed by atoms with van der Waals surface area (Å²) in [4.78, 5) is 0. The van der Waals surface area contributed by atoms with Gasteiger partial charge in [0.05, 0.1) is 31.1 Å². The monoisotopic (exact) mass is 271 g/mol. The van der Waals surface area contributed by atoms with Crippen molar-refractivity contribution in [1.82, 2.24) is 9.78 Å². The van der Waals surface area contributed by atoms with Gasteiger partial charge in [0.1, 0.15) is 0 Å². The van der Waals surface area contributed by atoms with Crippen LogP contribution in [0.15, 0.2) is 36.7 Å². The molecule has 1 aliphatic rings. The maximum absolute atomic E-state index is 8.93. The molecule has 0 fully saturated rings. The van der Waals surface area contributed by atoms with Crippen molar-refractivity contribution in [3.8, 4) is 0 Å². The minimum Gasteiger partial charge on any atom is -0.394 e. The van der Waals surface area contributed by atoms with Crippen LogP contribution in [0.5, 0.6) is 0 Å². The van der Waals surface area contributed by atoms with Crippen LogP contribution in [0.4, 0.5) is 5.69 Å². The topological polar surface area (TPSA) is 50.1 Å². The van der Waals surface area contributed by atoms with Gasteiger partial charge in [0.25, 0.3) is 0 Å². The van der Waals surface area contributed by atoms with Crippen molar-refractivity contribution in [2.75, 3.05) is 11.9 Å². The van der Waals surface area contributed by atoms with Gasteiger partial charge >= 0.3 is 0 Å². The lowest BCUT2D eigenvalue weighted by atomic mass is 9.81. The van der Waals surface area contributed by atoms with Gasteiger partial charge in [-0.25, -0.2) is 0 Å². The Morgan fingerprint density at radius 3 is 2.90 bits per heavy atom. The fourth-order valence-electron chi connectivity index (χ4n) is 3.02. The lowest BCUT2D eigenvalue weighted by molar-refractivity contribution is 0.269. The smallest absolute Gasteiger partial charge is 0.0731 e. The van der Waals surface area contributed by atoms with Crippen LogP contribution in [0.3, 0.4) is 0 Å². The number of benzene rings is 1. The minimum absolute atomic E-state index is 0.116. The van der Waals surface area contributed by atoms with Crippen LogP contribution in [0.1, 0.15) is 42.9 Å². The van der Waals surface area contributed by atoms with E-state index in [-0.39, 0.29) is 6.61 Å². The molecule has 4 heteroatoms. The predicted octanol–water partition coefficient (Wildman–Crippen LogP) is 2.93. The molecular weight excluding hydrogens is 250 g/mol. The van der Waals surface area contributed by atoms with Crippen molar-refractivity contribution in [2.24, 2.45) is 0 Å². The molecule has 1 aromatic heterocycles. The molecule has 0 amide bonds. The number of nitrogens with zero attached hydrogens (tertiary/aromatic N) is 2.